The Morgan fingerprint density at radius 2 is 1.79 bits per heavy atom. The smallest absolute Gasteiger partial charge is 0.243 e. The van der Waals surface area contributed by atoms with E-state index in [-0.39, 0.29) is 23.3 Å². The van der Waals surface area contributed by atoms with Gasteiger partial charge >= 0.3 is 0 Å². The zero-order valence-corrected chi connectivity index (χ0v) is 18.0. The predicted octanol–water partition coefficient (Wildman–Crippen LogP) is 4.02. The van der Waals surface area contributed by atoms with E-state index in [9.17, 15) is 13.2 Å². The zero-order chi connectivity index (χ0) is 20.7. The van der Waals surface area contributed by atoms with Crippen LogP contribution in [0.15, 0.2) is 59.5 Å². The standard InChI is InChI=1S/C22H27ClN2O3S/c23-19-11-13-21(14-12-19)29(27,28)25-16-5-4-10-20(25)17-22(26)24-15-6-9-18-7-2-1-3-8-18/h1-3,7-8,11-14,20H,4-6,9-10,15-17H2,(H,24,26)/t20-/m1/s1. The van der Waals surface area contributed by atoms with Crippen molar-refractivity contribution in [1.82, 2.24) is 9.62 Å². The molecule has 0 bridgehead atoms. The van der Waals surface area contributed by atoms with Crippen molar-refractivity contribution in [1.29, 1.82) is 0 Å². The van der Waals surface area contributed by atoms with Crippen LogP contribution in [0.5, 0.6) is 0 Å². The highest BCUT2D eigenvalue weighted by atomic mass is 35.5. The third-order valence-corrected chi connectivity index (χ3v) is 7.44. The lowest BCUT2D eigenvalue weighted by Gasteiger charge is -2.34. The minimum Gasteiger partial charge on any atom is -0.356 e. The number of aryl methyl sites for hydroxylation is 1. The third-order valence-electron chi connectivity index (χ3n) is 5.22. The average Bonchev–Trinajstić information content (AvgIpc) is 2.73. The summed E-state index contributed by atoms with van der Waals surface area (Å²) in [4.78, 5) is 12.6. The van der Waals surface area contributed by atoms with Crippen molar-refractivity contribution in [2.75, 3.05) is 13.1 Å². The second-order valence-corrected chi connectivity index (χ2v) is 9.69. The largest absolute Gasteiger partial charge is 0.356 e. The van der Waals surface area contributed by atoms with Crippen molar-refractivity contribution < 1.29 is 13.2 Å². The van der Waals surface area contributed by atoms with E-state index in [0.29, 0.717) is 24.5 Å². The Morgan fingerprint density at radius 1 is 1.07 bits per heavy atom. The van der Waals surface area contributed by atoms with Crippen LogP contribution >= 0.6 is 11.6 Å². The summed E-state index contributed by atoms with van der Waals surface area (Å²) in [5.41, 5.74) is 1.24. The minimum absolute atomic E-state index is 0.0960. The molecule has 1 amide bonds. The Balaban J connectivity index is 1.55. The van der Waals surface area contributed by atoms with Crippen LogP contribution in [-0.4, -0.2) is 37.8 Å². The maximum absolute atomic E-state index is 13.1. The molecule has 0 radical (unpaired) electrons. The van der Waals surface area contributed by atoms with Gasteiger partial charge in [0.15, 0.2) is 0 Å². The second kappa shape index (κ2) is 10.2. The van der Waals surface area contributed by atoms with Gasteiger partial charge in [-0.2, -0.15) is 4.31 Å². The van der Waals surface area contributed by atoms with Crippen LogP contribution in [0.2, 0.25) is 5.02 Å². The summed E-state index contributed by atoms with van der Waals surface area (Å²) in [6.45, 7) is 1.03. The normalized spacial score (nSPS) is 17.8. The Hall–Kier alpha value is -1.89. The van der Waals surface area contributed by atoms with Gasteiger partial charge in [-0.05, 0) is 55.5 Å². The first-order valence-corrected chi connectivity index (χ1v) is 11.9. The van der Waals surface area contributed by atoms with Crippen molar-refractivity contribution in [2.24, 2.45) is 0 Å². The van der Waals surface area contributed by atoms with Gasteiger partial charge < -0.3 is 5.32 Å². The van der Waals surface area contributed by atoms with Crippen LogP contribution in [0, 0.1) is 0 Å². The van der Waals surface area contributed by atoms with Crippen LogP contribution in [0.4, 0.5) is 0 Å². The van der Waals surface area contributed by atoms with Crippen molar-refractivity contribution >= 4 is 27.5 Å². The van der Waals surface area contributed by atoms with Crippen molar-refractivity contribution in [3.05, 3.63) is 65.2 Å². The Bertz CT molecular complexity index is 901. The van der Waals surface area contributed by atoms with Crippen molar-refractivity contribution in [2.45, 2.75) is 49.5 Å². The molecule has 1 atom stereocenters. The van der Waals surface area contributed by atoms with E-state index in [1.165, 1.54) is 22.0 Å². The molecule has 2 aromatic rings. The van der Waals surface area contributed by atoms with Gasteiger partial charge in [0, 0.05) is 30.6 Å². The molecule has 1 heterocycles. The Kier molecular flexibility index (Phi) is 7.70. The third kappa shape index (κ3) is 6.04. The SMILES string of the molecule is O=C(C[C@H]1CCCCN1S(=O)(=O)c1ccc(Cl)cc1)NCCCc1ccccc1. The summed E-state index contributed by atoms with van der Waals surface area (Å²) in [5, 5.41) is 3.44. The van der Waals surface area contributed by atoms with Gasteiger partial charge in [-0.25, -0.2) is 8.42 Å². The molecule has 3 rings (SSSR count). The number of nitrogens with zero attached hydrogens (tertiary/aromatic N) is 1. The second-order valence-electron chi connectivity index (χ2n) is 7.36. The van der Waals surface area contributed by atoms with Gasteiger partial charge in [0.25, 0.3) is 0 Å². The van der Waals surface area contributed by atoms with Gasteiger partial charge in [-0.3, -0.25) is 4.79 Å². The number of hydrogen-bond acceptors (Lipinski definition) is 3. The average molecular weight is 435 g/mol. The number of hydrogen-bond donors (Lipinski definition) is 1. The topological polar surface area (TPSA) is 66.5 Å². The van der Waals surface area contributed by atoms with E-state index in [4.69, 9.17) is 11.6 Å². The Labute approximate surface area is 178 Å². The lowest BCUT2D eigenvalue weighted by molar-refractivity contribution is -0.122. The number of nitrogens with one attached hydrogen (secondary N) is 1. The molecule has 1 saturated heterocycles. The highest BCUT2D eigenvalue weighted by Crippen LogP contribution is 2.27. The first kappa shape index (κ1) is 21.8. The van der Waals surface area contributed by atoms with E-state index in [1.54, 1.807) is 12.1 Å². The van der Waals surface area contributed by atoms with Crippen LogP contribution in [0.1, 0.15) is 37.7 Å². The molecule has 1 aliphatic rings. The summed E-state index contributed by atoms with van der Waals surface area (Å²) in [6.07, 6.45) is 4.39. The molecule has 2 aromatic carbocycles. The van der Waals surface area contributed by atoms with Gasteiger partial charge in [0.05, 0.1) is 4.90 Å². The molecule has 5 nitrogen and oxygen atoms in total. The molecule has 0 aromatic heterocycles. The van der Waals surface area contributed by atoms with Crippen molar-refractivity contribution in [3.8, 4) is 0 Å². The molecule has 156 valence electrons. The van der Waals surface area contributed by atoms with Crippen LogP contribution < -0.4 is 5.32 Å². The van der Waals surface area contributed by atoms with E-state index >= 15 is 0 Å². The van der Waals surface area contributed by atoms with Crippen LogP contribution in [0.25, 0.3) is 0 Å². The number of carbonyl (C=O) groups excluding carboxylic acids is 1. The maximum Gasteiger partial charge on any atom is 0.243 e. The van der Waals surface area contributed by atoms with Gasteiger partial charge in [0.1, 0.15) is 0 Å². The zero-order valence-electron chi connectivity index (χ0n) is 16.4. The molecule has 29 heavy (non-hydrogen) atoms. The van der Waals surface area contributed by atoms with Gasteiger partial charge in [-0.1, -0.05) is 48.4 Å². The number of sulfonamides is 1. The molecule has 0 aliphatic carbocycles. The number of halogens is 1. The number of rotatable bonds is 8. The first-order chi connectivity index (χ1) is 14.0. The van der Waals surface area contributed by atoms with Gasteiger partial charge in [-0.15, -0.1) is 0 Å². The van der Waals surface area contributed by atoms with E-state index < -0.39 is 10.0 Å². The highest BCUT2D eigenvalue weighted by molar-refractivity contribution is 7.89. The fourth-order valence-corrected chi connectivity index (χ4v) is 5.51. The fourth-order valence-electron chi connectivity index (χ4n) is 3.69. The summed E-state index contributed by atoms with van der Waals surface area (Å²) in [7, 11) is -3.64. The fraction of sp³-hybridized carbons (Fsp3) is 0.409. The van der Waals surface area contributed by atoms with E-state index in [1.807, 2.05) is 18.2 Å². The minimum atomic E-state index is -3.64. The van der Waals surface area contributed by atoms with E-state index in [0.717, 1.165) is 25.7 Å². The number of carbonyl (C=O) groups is 1. The quantitative estimate of drug-likeness (QED) is 0.638. The van der Waals surface area contributed by atoms with Crippen molar-refractivity contribution in [3.63, 3.8) is 0 Å². The summed E-state index contributed by atoms with van der Waals surface area (Å²) < 4.78 is 27.6. The molecule has 0 spiro atoms. The lowest BCUT2D eigenvalue weighted by atomic mass is 10.0. The monoisotopic (exact) mass is 434 g/mol. The summed E-state index contributed by atoms with van der Waals surface area (Å²) in [5.74, 6) is -0.0960. The van der Waals surface area contributed by atoms with E-state index in [2.05, 4.69) is 17.4 Å². The van der Waals surface area contributed by atoms with Crippen LogP contribution in [0.3, 0.4) is 0 Å². The molecule has 1 fully saturated rings. The number of piperidine rings is 1. The summed E-state index contributed by atoms with van der Waals surface area (Å²) >= 11 is 5.88. The predicted molar refractivity (Wildman–Crippen MR) is 115 cm³/mol. The maximum atomic E-state index is 13.1. The van der Waals surface area contributed by atoms with Gasteiger partial charge in [0.2, 0.25) is 15.9 Å². The first-order valence-electron chi connectivity index (χ1n) is 10.0. The lowest BCUT2D eigenvalue weighted by Crippen LogP contribution is -2.46. The molecule has 1 aliphatic heterocycles. The molecule has 0 unspecified atom stereocenters. The van der Waals surface area contributed by atoms with Crippen LogP contribution in [-0.2, 0) is 21.2 Å². The Morgan fingerprint density at radius 3 is 2.52 bits per heavy atom. The molecular formula is C22H27ClN2O3S. The molecule has 7 heteroatoms. The molecule has 0 saturated carbocycles. The molecule has 1 N–H and O–H groups in total. The highest BCUT2D eigenvalue weighted by Gasteiger charge is 2.34. The molecular weight excluding hydrogens is 408 g/mol. The summed E-state index contributed by atoms with van der Waals surface area (Å²) in [6, 6.07) is 16.0. The number of benzene rings is 2. The number of amides is 1.